The zero-order valence-corrected chi connectivity index (χ0v) is 18.4. The number of hydrogen-bond acceptors (Lipinski definition) is 4. The highest BCUT2D eigenvalue weighted by Gasteiger charge is 2.34. The first-order valence-corrected chi connectivity index (χ1v) is 10.4. The van der Waals surface area contributed by atoms with E-state index in [2.05, 4.69) is 10.2 Å². The molecule has 0 aromatic heterocycles. The van der Waals surface area contributed by atoms with Crippen molar-refractivity contribution in [2.24, 2.45) is 5.92 Å². The van der Waals surface area contributed by atoms with Crippen molar-refractivity contribution in [2.45, 2.75) is 45.8 Å². The van der Waals surface area contributed by atoms with Crippen molar-refractivity contribution in [3.63, 3.8) is 0 Å². The van der Waals surface area contributed by atoms with E-state index < -0.39 is 0 Å². The Kier molecular flexibility index (Phi) is 6.98. The lowest BCUT2D eigenvalue weighted by Gasteiger charge is -2.41. The van der Waals surface area contributed by atoms with Crippen LogP contribution < -0.4 is 14.8 Å². The van der Waals surface area contributed by atoms with Crippen LogP contribution >= 0.6 is 0 Å². The second kappa shape index (κ2) is 9.47. The van der Waals surface area contributed by atoms with Gasteiger partial charge in [0.2, 0.25) is 5.91 Å². The van der Waals surface area contributed by atoms with Gasteiger partial charge in [0.25, 0.3) is 0 Å². The van der Waals surface area contributed by atoms with Gasteiger partial charge in [0.15, 0.2) is 11.5 Å². The molecular weight excluding hydrogens is 383 g/mol. The molecule has 0 radical (unpaired) electrons. The molecule has 6 heteroatoms. The van der Waals surface area contributed by atoms with E-state index in [0.29, 0.717) is 18.0 Å². The number of methoxy groups -OCH3 is 2. The highest BCUT2D eigenvalue weighted by Crippen LogP contribution is 2.40. The Hall–Kier alpha value is -2.60. The summed E-state index contributed by atoms with van der Waals surface area (Å²) in [6.07, 6.45) is 0.859. The second-order valence-electron chi connectivity index (χ2n) is 8.15. The molecule has 2 aromatic rings. The number of carbonyl (C=O) groups is 1. The van der Waals surface area contributed by atoms with Crippen molar-refractivity contribution < 1.29 is 18.7 Å². The summed E-state index contributed by atoms with van der Waals surface area (Å²) < 4.78 is 24.4. The minimum atomic E-state index is -0.242. The normalized spacial score (nSPS) is 17.4. The Bertz CT molecular complexity index is 883. The highest BCUT2D eigenvalue weighted by atomic mass is 19.1. The van der Waals surface area contributed by atoms with Gasteiger partial charge >= 0.3 is 0 Å². The number of halogens is 1. The molecular formula is C24H31FN2O3. The van der Waals surface area contributed by atoms with Crippen LogP contribution in [-0.2, 0) is 17.8 Å². The van der Waals surface area contributed by atoms with Crippen LogP contribution in [-0.4, -0.2) is 37.6 Å². The van der Waals surface area contributed by atoms with Crippen LogP contribution in [0.4, 0.5) is 4.39 Å². The van der Waals surface area contributed by atoms with Crippen LogP contribution in [0.1, 0.15) is 43.5 Å². The number of ether oxygens (including phenoxy) is 2. The molecule has 1 heterocycles. The number of amides is 1. The first kappa shape index (κ1) is 22.1. The summed E-state index contributed by atoms with van der Waals surface area (Å²) in [7, 11) is 3.26. The number of nitrogens with one attached hydrogen (secondary N) is 1. The Morgan fingerprint density at radius 1 is 1.13 bits per heavy atom. The third-order valence-corrected chi connectivity index (χ3v) is 5.69. The van der Waals surface area contributed by atoms with Crippen molar-refractivity contribution in [1.29, 1.82) is 0 Å². The van der Waals surface area contributed by atoms with Crippen molar-refractivity contribution in [3.8, 4) is 11.5 Å². The van der Waals surface area contributed by atoms with Gasteiger partial charge < -0.3 is 14.8 Å². The van der Waals surface area contributed by atoms with E-state index in [1.54, 1.807) is 14.2 Å². The fourth-order valence-corrected chi connectivity index (χ4v) is 4.09. The number of benzene rings is 2. The van der Waals surface area contributed by atoms with E-state index in [1.807, 2.05) is 45.0 Å². The summed E-state index contributed by atoms with van der Waals surface area (Å²) in [4.78, 5) is 14.8. The third kappa shape index (κ3) is 4.75. The van der Waals surface area contributed by atoms with E-state index in [4.69, 9.17) is 9.47 Å². The van der Waals surface area contributed by atoms with Crippen molar-refractivity contribution in [1.82, 2.24) is 10.2 Å². The quantitative estimate of drug-likeness (QED) is 0.741. The molecule has 0 saturated carbocycles. The maximum absolute atomic E-state index is 13.4. The molecule has 0 aliphatic carbocycles. The zero-order chi connectivity index (χ0) is 21.8. The van der Waals surface area contributed by atoms with Crippen molar-refractivity contribution in [3.05, 3.63) is 58.9 Å². The van der Waals surface area contributed by atoms with Crippen LogP contribution in [0, 0.1) is 11.7 Å². The predicted molar refractivity (Wildman–Crippen MR) is 115 cm³/mol. The minimum Gasteiger partial charge on any atom is -0.493 e. The molecule has 1 amide bonds. The van der Waals surface area contributed by atoms with Gasteiger partial charge in [0, 0.05) is 25.0 Å². The average molecular weight is 415 g/mol. The molecule has 5 nitrogen and oxygen atoms in total. The first-order valence-electron chi connectivity index (χ1n) is 10.4. The summed E-state index contributed by atoms with van der Waals surface area (Å²) in [6, 6.07) is 10.5. The maximum Gasteiger partial charge on any atom is 0.222 e. The minimum absolute atomic E-state index is 0.0248. The van der Waals surface area contributed by atoms with Gasteiger partial charge in [0.05, 0.1) is 20.3 Å². The lowest BCUT2D eigenvalue weighted by molar-refractivity contribution is -0.125. The van der Waals surface area contributed by atoms with Gasteiger partial charge in [-0.1, -0.05) is 26.0 Å². The molecule has 0 spiro atoms. The van der Waals surface area contributed by atoms with E-state index >= 15 is 0 Å². The molecule has 2 aromatic carbocycles. The first-order chi connectivity index (χ1) is 14.3. The number of nitrogens with zero attached hydrogens (tertiary/aromatic N) is 1. The lowest BCUT2D eigenvalue weighted by atomic mass is 9.87. The van der Waals surface area contributed by atoms with Gasteiger partial charge in [0.1, 0.15) is 5.82 Å². The smallest absolute Gasteiger partial charge is 0.222 e. The fourth-order valence-electron chi connectivity index (χ4n) is 4.09. The molecule has 0 saturated heterocycles. The Morgan fingerprint density at radius 2 is 1.77 bits per heavy atom. The molecule has 0 fully saturated rings. The van der Waals surface area contributed by atoms with Gasteiger partial charge in [-0.05, 0) is 54.3 Å². The monoisotopic (exact) mass is 414 g/mol. The number of rotatable bonds is 7. The Balaban J connectivity index is 1.98. The average Bonchev–Trinajstić information content (AvgIpc) is 2.73. The molecule has 2 atom stereocenters. The Labute approximate surface area is 178 Å². The van der Waals surface area contributed by atoms with Crippen LogP contribution in [0.25, 0.3) is 0 Å². The fraction of sp³-hybridized carbons (Fsp3) is 0.458. The van der Waals surface area contributed by atoms with E-state index in [-0.39, 0.29) is 29.7 Å². The molecule has 1 aliphatic heterocycles. The van der Waals surface area contributed by atoms with Crippen LogP contribution in [0.5, 0.6) is 11.5 Å². The third-order valence-electron chi connectivity index (χ3n) is 5.69. The van der Waals surface area contributed by atoms with Gasteiger partial charge in [-0.3, -0.25) is 9.69 Å². The summed E-state index contributed by atoms with van der Waals surface area (Å²) >= 11 is 0. The molecule has 1 N–H and O–H groups in total. The largest absolute Gasteiger partial charge is 0.493 e. The summed E-state index contributed by atoms with van der Waals surface area (Å²) in [5, 5.41) is 3.17. The summed E-state index contributed by atoms with van der Waals surface area (Å²) in [5.41, 5.74) is 3.35. The molecule has 0 bridgehead atoms. The van der Waals surface area contributed by atoms with Crippen LogP contribution in [0.2, 0.25) is 0 Å². The van der Waals surface area contributed by atoms with E-state index in [1.165, 1.54) is 17.7 Å². The van der Waals surface area contributed by atoms with Gasteiger partial charge in [-0.15, -0.1) is 0 Å². The van der Waals surface area contributed by atoms with Gasteiger partial charge in [-0.2, -0.15) is 0 Å². The molecule has 3 rings (SSSR count). The standard InChI is InChI=1S/C24H31FN2O3/c1-15(2)24(28)26-16(3)23-20-13-22(30-5)21(29-4)12-18(20)10-11-27(23)14-17-6-8-19(25)9-7-17/h6-9,12-13,15-16,23H,10-11,14H2,1-5H3,(H,26,28)/t16-,23+/m0/s1. The van der Waals surface area contributed by atoms with Gasteiger partial charge in [-0.25, -0.2) is 4.39 Å². The molecule has 0 unspecified atom stereocenters. The number of fused-ring (bicyclic) bond motifs is 1. The van der Waals surface area contributed by atoms with Crippen LogP contribution in [0.15, 0.2) is 36.4 Å². The van der Waals surface area contributed by atoms with Crippen LogP contribution in [0.3, 0.4) is 0 Å². The molecule has 162 valence electrons. The summed E-state index contributed by atoms with van der Waals surface area (Å²) in [5.74, 6) is 1.07. The van der Waals surface area contributed by atoms with Crippen molar-refractivity contribution >= 4 is 5.91 Å². The number of carbonyl (C=O) groups excluding carboxylic acids is 1. The highest BCUT2D eigenvalue weighted by molar-refractivity contribution is 5.78. The molecule has 30 heavy (non-hydrogen) atoms. The van der Waals surface area contributed by atoms with E-state index in [9.17, 15) is 9.18 Å². The second-order valence-corrected chi connectivity index (χ2v) is 8.15. The van der Waals surface area contributed by atoms with E-state index in [0.717, 1.165) is 24.1 Å². The maximum atomic E-state index is 13.4. The number of hydrogen-bond donors (Lipinski definition) is 1. The Morgan fingerprint density at radius 3 is 2.37 bits per heavy atom. The summed E-state index contributed by atoms with van der Waals surface area (Å²) in [6.45, 7) is 7.31. The topological polar surface area (TPSA) is 50.8 Å². The lowest BCUT2D eigenvalue weighted by Crippen LogP contribution is -2.48. The zero-order valence-electron chi connectivity index (χ0n) is 18.4. The van der Waals surface area contributed by atoms with Crippen molar-refractivity contribution in [2.75, 3.05) is 20.8 Å². The molecule has 1 aliphatic rings. The SMILES string of the molecule is COc1cc2c(cc1OC)[C@@H]([C@H](C)NC(=O)C(C)C)N(Cc1ccc(F)cc1)CC2. The predicted octanol–water partition coefficient (Wildman–Crippen LogP) is 4.10.